The summed E-state index contributed by atoms with van der Waals surface area (Å²) in [6.07, 6.45) is 0. The molecule has 0 aliphatic rings. The molecule has 2 aromatic rings. The van der Waals surface area contributed by atoms with Gasteiger partial charge in [0.05, 0.1) is 0 Å². The van der Waals surface area contributed by atoms with E-state index in [1.54, 1.807) is 6.07 Å². The molecule has 0 fully saturated rings. The minimum atomic E-state index is -3.91. The summed E-state index contributed by atoms with van der Waals surface area (Å²) in [7, 11) is -3.91. The first kappa shape index (κ1) is 14.0. The van der Waals surface area contributed by atoms with E-state index in [-0.39, 0.29) is 17.8 Å². The zero-order valence-electron chi connectivity index (χ0n) is 10.2. The number of anilines is 1. The van der Waals surface area contributed by atoms with Crippen LogP contribution in [0.1, 0.15) is 11.1 Å². The molecule has 102 valence electrons. The molecule has 1 aromatic carbocycles. The number of aryl methyl sites for hydroxylation is 1. The Morgan fingerprint density at radius 1 is 1.42 bits per heavy atom. The number of halogens is 1. The van der Waals surface area contributed by atoms with Gasteiger partial charge in [-0.05, 0) is 47.0 Å². The number of hydrogen-bond acceptors (Lipinski definition) is 4. The molecule has 19 heavy (non-hydrogen) atoms. The second-order valence-corrected chi connectivity index (χ2v) is 6.62. The van der Waals surface area contributed by atoms with Gasteiger partial charge in [-0.15, -0.1) is 0 Å². The van der Waals surface area contributed by atoms with E-state index in [0.29, 0.717) is 0 Å². The summed E-state index contributed by atoms with van der Waals surface area (Å²) in [4.78, 5) is -0.416. The van der Waals surface area contributed by atoms with Gasteiger partial charge in [-0.1, -0.05) is 0 Å². The minimum absolute atomic E-state index is 0.124. The van der Waals surface area contributed by atoms with Crippen molar-refractivity contribution in [2.24, 2.45) is 0 Å². The van der Waals surface area contributed by atoms with Crippen molar-refractivity contribution >= 4 is 27.0 Å². The van der Waals surface area contributed by atoms with Gasteiger partial charge in [-0.2, -0.15) is 11.3 Å². The molecular formula is C12H13FN2O2S2. The van der Waals surface area contributed by atoms with E-state index in [9.17, 15) is 12.8 Å². The average Bonchev–Trinajstić information content (AvgIpc) is 2.84. The SMILES string of the molecule is Cc1cc(N)cc(S(=O)(=O)NCc2ccsc2)c1F. The van der Waals surface area contributed by atoms with Crippen LogP contribution < -0.4 is 10.5 Å². The summed E-state index contributed by atoms with van der Waals surface area (Å²) >= 11 is 1.47. The van der Waals surface area contributed by atoms with Crippen molar-refractivity contribution in [3.05, 3.63) is 45.9 Å². The number of benzene rings is 1. The molecule has 0 saturated carbocycles. The minimum Gasteiger partial charge on any atom is -0.399 e. The predicted octanol–water partition coefficient (Wildman–Crippen LogP) is 2.26. The molecule has 4 nitrogen and oxygen atoms in total. The Hall–Kier alpha value is -1.44. The molecular weight excluding hydrogens is 287 g/mol. The smallest absolute Gasteiger partial charge is 0.243 e. The first-order valence-corrected chi connectivity index (χ1v) is 7.89. The molecule has 1 heterocycles. The molecule has 0 radical (unpaired) electrons. The van der Waals surface area contributed by atoms with Gasteiger partial charge in [-0.25, -0.2) is 17.5 Å². The molecule has 0 spiro atoms. The fourth-order valence-electron chi connectivity index (χ4n) is 1.61. The molecule has 1 aromatic heterocycles. The van der Waals surface area contributed by atoms with Gasteiger partial charge in [0.1, 0.15) is 10.7 Å². The van der Waals surface area contributed by atoms with Crippen LogP contribution in [0.25, 0.3) is 0 Å². The number of nitrogen functional groups attached to an aromatic ring is 1. The van der Waals surface area contributed by atoms with Crippen LogP contribution in [0.4, 0.5) is 10.1 Å². The van der Waals surface area contributed by atoms with E-state index in [0.717, 1.165) is 11.6 Å². The lowest BCUT2D eigenvalue weighted by molar-refractivity contribution is 0.553. The van der Waals surface area contributed by atoms with Crippen LogP contribution in [-0.4, -0.2) is 8.42 Å². The lowest BCUT2D eigenvalue weighted by Gasteiger charge is -2.09. The zero-order chi connectivity index (χ0) is 14.0. The maximum absolute atomic E-state index is 13.9. The topological polar surface area (TPSA) is 72.2 Å². The summed E-state index contributed by atoms with van der Waals surface area (Å²) < 4.78 is 40.3. The monoisotopic (exact) mass is 300 g/mol. The summed E-state index contributed by atoms with van der Waals surface area (Å²) in [5.41, 5.74) is 6.81. The number of rotatable bonds is 4. The quantitative estimate of drug-likeness (QED) is 0.851. The molecule has 0 bridgehead atoms. The van der Waals surface area contributed by atoms with Crippen molar-refractivity contribution < 1.29 is 12.8 Å². The summed E-state index contributed by atoms with van der Waals surface area (Å²) in [6.45, 7) is 1.60. The maximum Gasteiger partial charge on any atom is 0.243 e. The van der Waals surface area contributed by atoms with Gasteiger partial charge >= 0.3 is 0 Å². The Labute approximate surface area is 115 Å². The number of thiophene rings is 1. The molecule has 0 aliphatic carbocycles. The van der Waals surface area contributed by atoms with Crippen molar-refractivity contribution in [3.63, 3.8) is 0 Å². The van der Waals surface area contributed by atoms with Crippen LogP contribution >= 0.6 is 11.3 Å². The van der Waals surface area contributed by atoms with Crippen LogP contribution in [0.15, 0.2) is 33.9 Å². The fraction of sp³-hybridized carbons (Fsp3) is 0.167. The molecule has 2 rings (SSSR count). The van der Waals surface area contributed by atoms with E-state index >= 15 is 0 Å². The van der Waals surface area contributed by atoms with E-state index in [4.69, 9.17) is 5.73 Å². The standard InChI is InChI=1S/C12H13FN2O2S2/c1-8-4-10(14)5-11(12(8)13)19(16,17)15-6-9-2-3-18-7-9/h2-5,7,15H,6,14H2,1H3. The summed E-state index contributed by atoms with van der Waals surface area (Å²) in [5, 5.41) is 3.67. The highest BCUT2D eigenvalue weighted by Crippen LogP contribution is 2.21. The second kappa shape index (κ2) is 5.28. The van der Waals surface area contributed by atoms with Crippen LogP contribution in [0.3, 0.4) is 0 Å². The molecule has 0 unspecified atom stereocenters. The third-order valence-electron chi connectivity index (χ3n) is 2.58. The highest BCUT2D eigenvalue weighted by atomic mass is 32.2. The Bertz CT molecular complexity index is 682. The maximum atomic E-state index is 13.9. The molecule has 3 N–H and O–H groups in total. The van der Waals surface area contributed by atoms with Gasteiger partial charge in [0, 0.05) is 12.2 Å². The van der Waals surface area contributed by atoms with Gasteiger partial charge < -0.3 is 5.73 Å². The lowest BCUT2D eigenvalue weighted by atomic mass is 10.2. The number of nitrogens with one attached hydrogen (secondary N) is 1. The Morgan fingerprint density at radius 3 is 2.79 bits per heavy atom. The lowest BCUT2D eigenvalue weighted by Crippen LogP contribution is -2.24. The van der Waals surface area contributed by atoms with Crippen LogP contribution in [0, 0.1) is 12.7 Å². The number of sulfonamides is 1. The Morgan fingerprint density at radius 2 is 2.16 bits per heavy atom. The third kappa shape index (κ3) is 3.12. The first-order valence-electron chi connectivity index (χ1n) is 5.46. The van der Waals surface area contributed by atoms with Gasteiger partial charge in [0.15, 0.2) is 0 Å². The zero-order valence-corrected chi connectivity index (χ0v) is 11.8. The van der Waals surface area contributed by atoms with Crippen LogP contribution in [0.2, 0.25) is 0 Å². The summed E-state index contributed by atoms with van der Waals surface area (Å²) in [6, 6.07) is 4.32. The van der Waals surface area contributed by atoms with E-state index in [1.165, 1.54) is 24.3 Å². The molecule has 0 aliphatic heterocycles. The third-order valence-corrected chi connectivity index (χ3v) is 4.71. The Kier molecular flexibility index (Phi) is 3.88. The fourth-order valence-corrected chi connectivity index (χ4v) is 3.48. The first-order chi connectivity index (χ1) is 8.90. The normalized spacial score (nSPS) is 11.7. The van der Waals surface area contributed by atoms with Crippen molar-refractivity contribution in [2.75, 3.05) is 5.73 Å². The molecule has 0 atom stereocenters. The number of hydrogen-bond donors (Lipinski definition) is 2. The van der Waals surface area contributed by atoms with Crippen molar-refractivity contribution in [3.8, 4) is 0 Å². The second-order valence-electron chi connectivity index (χ2n) is 4.11. The van der Waals surface area contributed by atoms with Crippen LogP contribution in [0.5, 0.6) is 0 Å². The predicted molar refractivity (Wildman–Crippen MR) is 73.9 cm³/mol. The highest BCUT2D eigenvalue weighted by Gasteiger charge is 2.20. The number of nitrogens with two attached hydrogens (primary N) is 1. The van der Waals surface area contributed by atoms with E-state index < -0.39 is 20.7 Å². The molecule has 0 saturated heterocycles. The van der Waals surface area contributed by atoms with Crippen LogP contribution in [-0.2, 0) is 16.6 Å². The summed E-state index contributed by atoms with van der Waals surface area (Å²) in [5.74, 6) is -0.771. The van der Waals surface area contributed by atoms with Crippen molar-refractivity contribution in [2.45, 2.75) is 18.4 Å². The molecule has 0 amide bonds. The Balaban J connectivity index is 2.29. The van der Waals surface area contributed by atoms with Crippen molar-refractivity contribution in [1.29, 1.82) is 0 Å². The molecule has 7 heteroatoms. The van der Waals surface area contributed by atoms with E-state index in [1.807, 2.05) is 10.8 Å². The van der Waals surface area contributed by atoms with Gasteiger partial charge in [0.2, 0.25) is 10.0 Å². The largest absolute Gasteiger partial charge is 0.399 e. The average molecular weight is 300 g/mol. The van der Waals surface area contributed by atoms with Gasteiger partial charge in [0.25, 0.3) is 0 Å². The van der Waals surface area contributed by atoms with Crippen molar-refractivity contribution in [1.82, 2.24) is 4.72 Å². The van der Waals surface area contributed by atoms with Gasteiger partial charge in [-0.3, -0.25) is 0 Å². The highest BCUT2D eigenvalue weighted by molar-refractivity contribution is 7.89. The van der Waals surface area contributed by atoms with E-state index in [2.05, 4.69) is 4.72 Å².